The number of rotatable bonds is 4. The molecule has 1 aromatic heterocycles. The molecule has 4 heteroatoms. The maximum absolute atomic E-state index is 6.08. The standard InChI is InChI=1S/C13H16ClN3/c1-10-12(9-16-17(10)2)8-15-7-11-5-3-4-6-13(11)14/h3-6,9,15H,7-8H2,1-2H3. The molecule has 90 valence electrons. The van der Waals surface area contributed by atoms with E-state index in [0.29, 0.717) is 0 Å². The van der Waals surface area contributed by atoms with Gasteiger partial charge in [-0.2, -0.15) is 5.10 Å². The van der Waals surface area contributed by atoms with E-state index in [4.69, 9.17) is 11.6 Å². The van der Waals surface area contributed by atoms with E-state index in [1.54, 1.807) is 0 Å². The molecule has 0 aliphatic rings. The van der Waals surface area contributed by atoms with Crippen LogP contribution in [-0.2, 0) is 20.1 Å². The zero-order chi connectivity index (χ0) is 12.3. The molecule has 0 aliphatic carbocycles. The van der Waals surface area contributed by atoms with E-state index in [2.05, 4.69) is 17.3 Å². The summed E-state index contributed by atoms with van der Waals surface area (Å²) in [5.41, 5.74) is 3.53. The van der Waals surface area contributed by atoms with Crippen molar-refractivity contribution in [3.05, 3.63) is 52.3 Å². The fourth-order valence-corrected chi connectivity index (χ4v) is 1.89. The molecule has 0 fully saturated rings. The number of nitrogens with zero attached hydrogens (tertiary/aromatic N) is 2. The monoisotopic (exact) mass is 249 g/mol. The summed E-state index contributed by atoms with van der Waals surface area (Å²) in [5, 5.41) is 8.39. The van der Waals surface area contributed by atoms with E-state index in [9.17, 15) is 0 Å². The van der Waals surface area contributed by atoms with Gasteiger partial charge in [-0.25, -0.2) is 0 Å². The van der Waals surface area contributed by atoms with Gasteiger partial charge in [-0.1, -0.05) is 29.8 Å². The Bertz CT molecular complexity index is 505. The summed E-state index contributed by atoms with van der Waals surface area (Å²) in [6.07, 6.45) is 1.90. The highest BCUT2D eigenvalue weighted by Crippen LogP contribution is 2.14. The molecule has 0 unspecified atom stereocenters. The Morgan fingerprint density at radius 2 is 1.94 bits per heavy atom. The molecule has 17 heavy (non-hydrogen) atoms. The number of benzene rings is 1. The van der Waals surface area contributed by atoms with Crippen LogP contribution < -0.4 is 5.32 Å². The topological polar surface area (TPSA) is 29.9 Å². The first-order chi connectivity index (χ1) is 8.18. The maximum atomic E-state index is 6.08. The molecule has 2 rings (SSSR count). The maximum Gasteiger partial charge on any atom is 0.0537 e. The van der Waals surface area contributed by atoms with Crippen molar-refractivity contribution in [2.45, 2.75) is 20.0 Å². The zero-order valence-electron chi connectivity index (χ0n) is 10.1. The van der Waals surface area contributed by atoms with Crippen LogP contribution in [0.3, 0.4) is 0 Å². The summed E-state index contributed by atoms with van der Waals surface area (Å²) in [6, 6.07) is 7.88. The van der Waals surface area contributed by atoms with Gasteiger partial charge in [-0.05, 0) is 18.6 Å². The van der Waals surface area contributed by atoms with Crippen molar-refractivity contribution in [1.29, 1.82) is 0 Å². The van der Waals surface area contributed by atoms with E-state index in [-0.39, 0.29) is 0 Å². The van der Waals surface area contributed by atoms with Gasteiger partial charge in [0.2, 0.25) is 0 Å². The third-order valence-corrected chi connectivity index (χ3v) is 3.29. The van der Waals surface area contributed by atoms with Crippen molar-refractivity contribution in [2.24, 2.45) is 7.05 Å². The van der Waals surface area contributed by atoms with Crippen LogP contribution in [0.5, 0.6) is 0 Å². The number of hydrogen-bond acceptors (Lipinski definition) is 2. The number of nitrogens with one attached hydrogen (secondary N) is 1. The molecule has 0 saturated carbocycles. The van der Waals surface area contributed by atoms with Crippen LogP contribution in [0.2, 0.25) is 5.02 Å². The predicted octanol–water partition coefficient (Wildman–Crippen LogP) is 2.67. The molecule has 3 nitrogen and oxygen atoms in total. The van der Waals surface area contributed by atoms with Gasteiger partial charge in [-0.3, -0.25) is 4.68 Å². The van der Waals surface area contributed by atoms with Gasteiger partial charge in [0.1, 0.15) is 0 Å². The Labute approximate surface area is 106 Å². The lowest BCUT2D eigenvalue weighted by molar-refractivity contribution is 0.685. The second-order valence-electron chi connectivity index (χ2n) is 4.07. The minimum atomic E-state index is 0.772. The molecule has 1 N–H and O–H groups in total. The second-order valence-corrected chi connectivity index (χ2v) is 4.48. The quantitative estimate of drug-likeness (QED) is 0.903. The lowest BCUT2D eigenvalue weighted by Crippen LogP contribution is -2.13. The average Bonchev–Trinajstić information content (AvgIpc) is 2.63. The summed E-state index contributed by atoms with van der Waals surface area (Å²) >= 11 is 6.08. The van der Waals surface area contributed by atoms with Crippen molar-refractivity contribution < 1.29 is 0 Å². The van der Waals surface area contributed by atoms with Gasteiger partial charge >= 0.3 is 0 Å². The van der Waals surface area contributed by atoms with E-state index >= 15 is 0 Å². The van der Waals surface area contributed by atoms with Crippen molar-refractivity contribution >= 4 is 11.6 Å². The second kappa shape index (κ2) is 5.34. The summed E-state index contributed by atoms with van der Waals surface area (Å²) in [4.78, 5) is 0. The van der Waals surface area contributed by atoms with Crippen LogP contribution in [0.4, 0.5) is 0 Å². The zero-order valence-corrected chi connectivity index (χ0v) is 10.8. The molecule has 0 aliphatic heterocycles. The first-order valence-corrected chi connectivity index (χ1v) is 5.98. The van der Waals surface area contributed by atoms with Crippen LogP contribution in [0.1, 0.15) is 16.8 Å². The summed E-state index contributed by atoms with van der Waals surface area (Å²) in [6.45, 7) is 3.65. The molecule has 1 heterocycles. The lowest BCUT2D eigenvalue weighted by Gasteiger charge is -2.06. The molecular formula is C13H16ClN3. The molecule has 0 saturated heterocycles. The molecule has 0 spiro atoms. The van der Waals surface area contributed by atoms with Crippen LogP contribution >= 0.6 is 11.6 Å². The minimum Gasteiger partial charge on any atom is -0.308 e. The summed E-state index contributed by atoms with van der Waals surface area (Å²) < 4.78 is 1.88. The highest BCUT2D eigenvalue weighted by Gasteiger charge is 2.03. The van der Waals surface area contributed by atoms with Crippen LogP contribution in [0.25, 0.3) is 0 Å². The van der Waals surface area contributed by atoms with Crippen molar-refractivity contribution in [2.75, 3.05) is 0 Å². The molecule has 0 radical (unpaired) electrons. The van der Waals surface area contributed by atoms with Crippen LogP contribution in [-0.4, -0.2) is 9.78 Å². The van der Waals surface area contributed by atoms with Crippen molar-refractivity contribution in [3.8, 4) is 0 Å². The Balaban J connectivity index is 1.92. The van der Waals surface area contributed by atoms with E-state index in [0.717, 1.165) is 23.7 Å². The fourth-order valence-electron chi connectivity index (χ4n) is 1.69. The largest absolute Gasteiger partial charge is 0.308 e. The normalized spacial score (nSPS) is 10.8. The van der Waals surface area contributed by atoms with Crippen LogP contribution in [0, 0.1) is 6.92 Å². The van der Waals surface area contributed by atoms with Crippen LogP contribution in [0.15, 0.2) is 30.5 Å². The molecule has 2 aromatic rings. The number of aryl methyl sites for hydroxylation is 1. The van der Waals surface area contributed by atoms with Crippen molar-refractivity contribution in [3.63, 3.8) is 0 Å². The summed E-state index contributed by atoms with van der Waals surface area (Å²) in [7, 11) is 1.95. The molecule has 0 bridgehead atoms. The van der Waals surface area contributed by atoms with Gasteiger partial charge in [0.05, 0.1) is 6.20 Å². The fraction of sp³-hybridized carbons (Fsp3) is 0.308. The van der Waals surface area contributed by atoms with Gasteiger partial charge in [-0.15, -0.1) is 0 Å². The molecular weight excluding hydrogens is 234 g/mol. The number of aromatic nitrogens is 2. The number of hydrogen-bond donors (Lipinski definition) is 1. The van der Waals surface area contributed by atoms with Gasteiger partial charge in [0, 0.05) is 36.4 Å². The predicted molar refractivity (Wildman–Crippen MR) is 69.9 cm³/mol. The third-order valence-electron chi connectivity index (χ3n) is 2.93. The Morgan fingerprint density at radius 1 is 1.24 bits per heavy atom. The highest BCUT2D eigenvalue weighted by molar-refractivity contribution is 6.31. The number of halogens is 1. The van der Waals surface area contributed by atoms with E-state index in [1.165, 1.54) is 11.3 Å². The van der Waals surface area contributed by atoms with E-state index < -0.39 is 0 Å². The first-order valence-electron chi connectivity index (χ1n) is 5.60. The first kappa shape index (κ1) is 12.1. The van der Waals surface area contributed by atoms with Gasteiger partial charge in [0.25, 0.3) is 0 Å². The molecule has 1 aromatic carbocycles. The lowest BCUT2D eigenvalue weighted by atomic mass is 10.2. The SMILES string of the molecule is Cc1c(CNCc2ccccc2Cl)cnn1C. The van der Waals surface area contributed by atoms with Gasteiger partial charge in [0.15, 0.2) is 0 Å². The highest BCUT2D eigenvalue weighted by atomic mass is 35.5. The average molecular weight is 250 g/mol. The van der Waals surface area contributed by atoms with Gasteiger partial charge < -0.3 is 5.32 Å². The minimum absolute atomic E-state index is 0.772. The summed E-state index contributed by atoms with van der Waals surface area (Å²) in [5.74, 6) is 0. The molecule has 0 atom stereocenters. The molecule has 0 amide bonds. The third kappa shape index (κ3) is 2.87. The Kier molecular flexibility index (Phi) is 3.82. The Morgan fingerprint density at radius 3 is 2.59 bits per heavy atom. The Hall–Kier alpha value is -1.32. The van der Waals surface area contributed by atoms with Crippen molar-refractivity contribution in [1.82, 2.24) is 15.1 Å². The smallest absolute Gasteiger partial charge is 0.0537 e. The van der Waals surface area contributed by atoms with E-state index in [1.807, 2.05) is 42.2 Å².